The van der Waals surface area contributed by atoms with Crippen LogP contribution in [0.3, 0.4) is 0 Å². The first-order valence-electron chi connectivity index (χ1n) is 5.79. The van der Waals surface area contributed by atoms with Gasteiger partial charge < -0.3 is 10.1 Å². The lowest BCUT2D eigenvalue weighted by Gasteiger charge is -2.08. The molecule has 0 aliphatic carbocycles. The number of thiophene rings is 2. The number of methoxy groups -OCH3 is 1. The number of ether oxygens (including phenoxy) is 1. The summed E-state index contributed by atoms with van der Waals surface area (Å²) < 4.78 is 8.28. The number of anilines is 1. The molecule has 0 aliphatic rings. The van der Waals surface area contributed by atoms with Crippen molar-refractivity contribution in [2.45, 2.75) is 0 Å². The molecule has 3 rings (SSSR count). The lowest BCUT2D eigenvalue weighted by Crippen LogP contribution is -2.10. The average molecular weight is 368 g/mol. The molecule has 0 bridgehead atoms. The summed E-state index contributed by atoms with van der Waals surface area (Å²) in [7, 11) is 1.60. The van der Waals surface area contributed by atoms with Crippen LogP contribution in [0.1, 0.15) is 9.67 Å². The lowest BCUT2D eigenvalue weighted by atomic mass is 10.3. The molecule has 0 radical (unpaired) electrons. The molecular formula is C14H10BrNO2S2. The zero-order valence-electron chi connectivity index (χ0n) is 10.5. The molecule has 3 aromatic rings. The number of amides is 1. The largest absolute Gasteiger partial charge is 0.497 e. The highest BCUT2D eigenvalue weighted by Gasteiger charge is 2.13. The molecule has 20 heavy (non-hydrogen) atoms. The topological polar surface area (TPSA) is 38.3 Å². The average Bonchev–Trinajstić information content (AvgIpc) is 3.02. The van der Waals surface area contributed by atoms with Gasteiger partial charge in [-0.1, -0.05) is 0 Å². The highest BCUT2D eigenvalue weighted by atomic mass is 79.9. The van der Waals surface area contributed by atoms with E-state index in [0.717, 1.165) is 13.9 Å². The minimum Gasteiger partial charge on any atom is -0.497 e. The molecule has 0 saturated heterocycles. The van der Waals surface area contributed by atoms with Crippen LogP contribution in [0.25, 0.3) is 9.40 Å². The third kappa shape index (κ3) is 2.59. The number of halogens is 1. The van der Waals surface area contributed by atoms with Gasteiger partial charge in [0.15, 0.2) is 0 Å². The molecule has 1 N–H and O–H groups in total. The number of fused-ring (bicyclic) bond motifs is 1. The third-order valence-electron chi connectivity index (χ3n) is 2.78. The van der Waals surface area contributed by atoms with E-state index in [1.54, 1.807) is 24.5 Å². The Morgan fingerprint density at radius 1 is 1.25 bits per heavy atom. The maximum atomic E-state index is 12.3. The van der Waals surface area contributed by atoms with Crippen molar-refractivity contribution in [3.8, 4) is 5.75 Å². The standard InChI is InChI=1S/C14H10BrNO2S2/c1-18-8-2-3-9(15)10(6-8)16-14(17)13-7-12-11(20-13)4-5-19-12/h2-7H,1H3,(H,16,17). The van der Waals surface area contributed by atoms with Gasteiger partial charge in [0, 0.05) is 19.9 Å². The second-order valence-electron chi connectivity index (χ2n) is 4.06. The van der Waals surface area contributed by atoms with Crippen LogP contribution in [0.15, 0.2) is 40.2 Å². The molecule has 6 heteroatoms. The van der Waals surface area contributed by atoms with Crippen molar-refractivity contribution < 1.29 is 9.53 Å². The maximum absolute atomic E-state index is 12.3. The molecule has 0 aliphatic heterocycles. The zero-order chi connectivity index (χ0) is 14.1. The third-order valence-corrected chi connectivity index (χ3v) is 5.57. The fourth-order valence-electron chi connectivity index (χ4n) is 1.79. The first-order chi connectivity index (χ1) is 9.67. The number of rotatable bonds is 3. The smallest absolute Gasteiger partial charge is 0.265 e. The van der Waals surface area contributed by atoms with Gasteiger partial charge in [0.2, 0.25) is 0 Å². The fraction of sp³-hybridized carbons (Fsp3) is 0.0714. The van der Waals surface area contributed by atoms with Crippen LogP contribution in [-0.4, -0.2) is 13.0 Å². The summed E-state index contributed by atoms with van der Waals surface area (Å²) in [6, 6.07) is 9.43. The van der Waals surface area contributed by atoms with E-state index in [1.807, 2.05) is 29.6 Å². The second-order valence-corrected chi connectivity index (χ2v) is 6.95. The van der Waals surface area contributed by atoms with Gasteiger partial charge in [-0.2, -0.15) is 0 Å². The van der Waals surface area contributed by atoms with Gasteiger partial charge in [-0.05, 0) is 45.6 Å². The molecule has 102 valence electrons. The summed E-state index contributed by atoms with van der Waals surface area (Å²) in [4.78, 5) is 13.0. The first-order valence-corrected chi connectivity index (χ1v) is 8.28. The summed E-state index contributed by atoms with van der Waals surface area (Å²) in [6.45, 7) is 0. The van der Waals surface area contributed by atoms with E-state index in [4.69, 9.17) is 4.74 Å². The molecule has 0 saturated carbocycles. The summed E-state index contributed by atoms with van der Waals surface area (Å²) in [5, 5.41) is 4.93. The zero-order valence-corrected chi connectivity index (χ0v) is 13.7. The Hall–Kier alpha value is -1.37. The summed E-state index contributed by atoms with van der Waals surface area (Å²) in [5.41, 5.74) is 0.700. The van der Waals surface area contributed by atoms with Crippen LogP contribution in [0.4, 0.5) is 5.69 Å². The first kappa shape index (κ1) is 13.6. The molecule has 0 spiro atoms. The van der Waals surface area contributed by atoms with Crippen LogP contribution >= 0.6 is 38.6 Å². The van der Waals surface area contributed by atoms with Gasteiger partial charge in [0.1, 0.15) is 5.75 Å². The van der Waals surface area contributed by atoms with Crippen molar-refractivity contribution in [3.05, 3.63) is 45.1 Å². The number of hydrogen-bond donors (Lipinski definition) is 1. The van der Waals surface area contributed by atoms with Gasteiger partial charge >= 0.3 is 0 Å². The maximum Gasteiger partial charge on any atom is 0.265 e. The summed E-state index contributed by atoms with van der Waals surface area (Å²) >= 11 is 6.56. The Bertz CT molecular complexity index is 750. The molecule has 1 aromatic carbocycles. The van der Waals surface area contributed by atoms with E-state index >= 15 is 0 Å². The number of carbonyl (C=O) groups excluding carboxylic acids is 1. The van der Waals surface area contributed by atoms with Gasteiger partial charge in [-0.15, -0.1) is 22.7 Å². The van der Waals surface area contributed by atoms with Gasteiger partial charge in [0.25, 0.3) is 5.91 Å². The highest BCUT2D eigenvalue weighted by molar-refractivity contribution is 9.10. The molecule has 2 aromatic heterocycles. The van der Waals surface area contributed by atoms with Gasteiger partial charge in [-0.3, -0.25) is 4.79 Å². The highest BCUT2D eigenvalue weighted by Crippen LogP contribution is 2.32. The molecule has 0 unspecified atom stereocenters. The van der Waals surface area contributed by atoms with Crippen LogP contribution in [0, 0.1) is 0 Å². The molecule has 0 atom stereocenters. The number of carbonyl (C=O) groups is 1. The van der Waals surface area contributed by atoms with Crippen LogP contribution in [-0.2, 0) is 0 Å². The molecular weight excluding hydrogens is 358 g/mol. The van der Waals surface area contributed by atoms with E-state index in [-0.39, 0.29) is 5.91 Å². The molecule has 0 fully saturated rings. The fourth-order valence-corrected chi connectivity index (χ4v) is 4.14. The normalized spacial score (nSPS) is 10.7. The van der Waals surface area contributed by atoms with Crippen molar-refractivity contribution in [3.63, 3.8) is 0 Å². The predicted octanol–water partition coefficient (Wildman–Crippen LogP) is 4.99. The molecule has 3 nitrogen and oxygen atoms in total. The van der Waals surface area contributed by atoms with Crippen LogP contribution < -0.4 is 10.1 Å². The van der Waals surface area contributed by atoms with Crippen LogP contribution in [0.5, 0.6) is 5.75 Å². The molecule has 2 heterocycles. The number of benzene rings is 1. The minimum atomic E-state index is -0.104. The summed E-state index contributed by atoms with van der Waals surface area (Å²) in [5.74, 6) is 0.600. The lowest BCUT2D eigenvalue weighted by molar-refractivity contribution is 0.103. The van der Waals surface area contributed by atoms with Crippen LogP contribution in [0.2, 0.25) is 0 Å². The number of hydrogen-bond acceptors (Lipinski definition) is 4. The Morgan fingerprint density at radius 3 is 2.85 bits per heavy atom. The van der Waals surface area contributed by atoms with E-state index in [1.165, 1.54) is 11.3 Å². The van der Waals surface area contributed by atoms with E-state index in [2.05, 4.69) is 21.2 Å². The summed E-state index contributed by atoms with van der Waals surface area (Å²) in [6.07, 6.45) is 0. The Labute approximate surface area is 132 Å². The van der Waals surface area contributed by atoms with E-state index < -0.39 is 0 Å². The van der Waals surface area contributed by atoms with Crippen molar-refractivity contribution in [1.82, 2.24) is 0 Å². The monoisotopic (exact) mass is 367 g/mol. The number of nitrogens with one attached hydrogen (secondary N) is 1. The second kappa shape index (κ2) is 5.55. The Balaban J connectivity index is 1.87. The van der Waals surface area contributed by atoms with Gasteiger partial charge in [-0.25, -0.2) is 0 Å². The Kier molecular flexibility index (Phi) is 3.78. The SMILES string of the molecule is COc1ccc(Br)c(NC(=O)c2cc3sccc3s2)c1. The van der Waals surface area contributed by atoms with E-state index in [0.29, 0.717) is 16.3 Å². The predicted molar refractivity (Wildman–Crippen MR) is 88.3 cm³/mol. The van der Waals surface area contributed by atoms with Gasteiger partial charge in [0.05, 0.1) is 17.7 Å². The van der Waals surface area contributed by atoms with Crippen molar-refractivity contribution >= 4 is 59.6 Å². The van der Waals surface area contributed by atoms with Crippen molar-refractivity contribution in [2.75, 3.05) is 12.4 Å². The molecule has 1 amide bonds. The van der Waals surface area contributed by atoms with Crippen molar-refractivity contribution in [1.29, 1.82) is 0 Å². The minimum absolute atomic E-state index is 0.104. The van der Waals surface area contributed by atoms with E-state index in [9.17, 15) is 4.79 Å². The quantitative estimate of drug-likeness (QED) is 0.708. The Morgan fingerprint density at radius 2 is 2.10 bits per heavy atom. The van der Waals surface area contributed by atoms with Crippen molar-refractivity contribution in [2.24, 2.45) is 0 Å².